The third kappa shape index (κ3) is 3.57. The molecular weight excluding hydrogens is 218 g/mol. The Balaban J connectivity index is 2.77. The number of hydrogen-bond acceptors (Lipinski definition) is 3. The number of nitrogens with two attached hydrogens (primary N) is 2. The molecule has 17 heavy (non-hydrogen) atoms. The molecule has 1 aromatic carbocycles. The first kappa shape index (κ1) is 13.2. The Morgan fingerprint density at radius 1 is 1.29 bits per heavy atom. The quantitative estimate of drug-likeness (QED) is 0.754. The lowest BCUT2D eigenvalue weighted by Gasteiger charge is -2.23. The van der Waals surface area contributed by atoms with Crippen molar-refractivity contribution in [2.24, 2.45) is 11.5 Å². The van der Waals surface area contributed by atoms with Crippen LogP contribution in [-0.2, 0) is 9.59 Å². The van der Waals surface area contributed by atoms with Crippen LogP contribution in [-0.4, -0.2) is 29.8 Å². The van der Waals surface area contributed by atoms with Crippen molar-refractivity contribution < 1.29 is 9.59 Å². The third-order valence-corrected chi connectivity index (χ3v) is 2.46. The van der Waals surface area contributed by atoms with Gasteiger partial charge in [0.15, 0.2) is 0 Å². The van der Waals surface area contributed by atoms with Crippen LogP contribution in [0.25, 0.3) is 0 Å². The number of amides is 2. The molecule has 0 bridgehead atoms. The van der Waals surface area contributed by atoms with Gasteiger partial charge in [-0.3, -0.25) is 9.59 Å². The van der Waals surface area contributed by atoms with Gasteiger partial charge in [-0.2, -0.15) is 0 Å². The molecule has 1 atom stereocenters. The molecule has 92 valence electrons. The fraction of sp³-hybridized carbons (Fsp3) is 0.333. The van der Waals surface area contributed by atoms with Crippen molar-refractivity contribution in [3.05, 3.63) is 35.9 Å². The highest BCUT2D eigenvalue weighted by molar-refractivity contribution is 5.87. The Labute approximate surface area is 100 Å². The lowest BCUT2D eigenvalue weighted by atomic mass is 10.1. The zero-order valence-electron chi connectivity index (χ0n) is 9.80. The molecule has 0 radical (unpaired) electrons. The van der Waals surface area contributed by atoms with E-state index in [9.17, 15) is 9.59 Å². The van der Waals surface area contributed by atoms with Crippen LogP contribution >= 0.6 is 0 Å². The molecule has 2 amide bonds. The van der Waals surface area contributed by atoms with Crippen LogP contribution in [0.3, 0.4) is 0 Å². The molecule has 0 saturated heterocycles. The molecule has 0 heterocycles. The van der Waals surface area contributed by atoms with Gasteiger partial charge in [-0.15, -0.1) is 0 Å². The number of hydrogen-bond donors (Lipinski definition) is 2. The molecule has 1 rings (SSSR count). The minimum Gasteiger partial charge on any atom is -0.368 e. The largest absolute Gasteiger partial charge is 0.368 e. The van der Waals surface area contributed by atoms with E-state index in [1.165, 1.54) is 4.90 Å². The first-order chi connectivity index (χ1) is 8.06. The van der Waals surface area contributed by atoms with Crippen molar-refractivity contribution in [1.82, 2.24) is 4.90 Å². The minimum absolute atomic E-state index is 0.101. The maximum Gasteiger partial charge on any atom is 0.244 e. The number of rotatable bonds is 5. The first-order valence-corrected chi connectivity index (χ1v) is 5.44. The van der Waals surface area contributed by atoms with E-state index in [0.29, 0.717) is 6.54 Å². The summed E-state index contributed by atoms with van der Waals surface area (Å²) in [6.45, 7) is 2.08. The lowest BCUT2D eigenvalue weighted by molar-refractivity contribution is -0.136. The summed E-state index contributed by atoms with van der Waals surface area (Å²) in [7, 11) is 0. The molecule has 0 aliphatic carbocycles. The van der Waals surface area contributed by atoms with Crippen molar-refractivity contribution in [3.63, 3.8) is 0 Å². The summed E-state index contributed by atoms with van der Waals surface area (Å²) >= 11 is 0. The van der Waals surface area contributed by atoms with Crippen LogP contribution < -0.4 is 11.5 Å². The van der Waals surface area contributed by atoms with Crippen molar-refractivity contribution in [2.45, 2.75) is 13.0 Å². The zero-order chi connectivity index (χ0) is 12.8. The molecule has 0 spiro atoms. The van der Waals surface area contributed by atoms with E-state index >= 15 is 0 Å². The van der Waals surface area contributed by atoms with Gasteiger partial charge in [0.05, 0.1) is 6.54 Å². The standard InChI is InChI=1S/C12H17N3O2/c1-2-15(8-10(13)16)12(17)11(14)9-6-4-3-5-7-9/h3-7,11H,2,8,14H2,1H3,(H2,13,16). The Kier molecular flexibility index (Phi) is 4.66. The summed E-state index contributed by atoms with van der Waals surface area (Å²) in [5, 5.41) is 0. The highest BCUT2D eigenvalue weighted by atomic mass is 16.2. The fourth-order valence-electron chi connectivity index (χ4n) is 1.53. The molecule has 5 nitrogen and oxygen atoms in total. The first-order valence-electron chi connectivity index (χ1n) is 5.44. The Morgan fingerprint density at radius 2 is 1.88 bits per heavy atom. The molecule has 4 N–H and O–H groups in total. The average Bonchev–Trinajstić information content (AvgIpc) is 2.35. The normalized spacial score (nSPS) is 11.9. The topological polar surface area (TPSA) is 89.4 Å². The maximum atomic E-state index is 12.0. The van der Waals surface area contributed by atoms with Gasteiger partial charge in [0.2, 0.25) is 11.8 Å². The van der Waals surface area contributed by atoms with Crippen molar-refractivity contribution in [3.8, 4) is 0 Å². The molecule has 0 aromatic heterocycles. The van der Waals surface area contributed by atoms with E-state index in [-0.39, 0.29) is 12.5 Å². The number of carbonyl (C=O) groups excluding carboxylic acids is 2. The second kappa shape index (κ2) is 6.00. The predicted octanol–water partition coefficient (Wildman–Crippen LogP) is 0.0202. The minimum atomic E-state index is -0.754. The molecule has 5 heteroatoms. The van der Waals surface area contributed by atoms with Gasteiger partial charge in [0, 0.05) is 6.54 Å². The van der Waals surface area contributed by atoms with Gasteiger partial charge in [-0.25, -0.2) is 0 Å². The van der Waals surface area contributed by atoms with Gasteiger partial charge in [0.25, 0.3) is 0 Å². The van der Waals surface area contributed by atoms with Gasteiger partial charge < -0.3 is 16.4 Å². The van der Waals surface area contributed by atoms with Gasteiger partial charge in [-0.1, -0.05) is 30.3 Å². The van der Waals surface area contributed by atoms with Crippen molar-refractivity contribution in [2.75, 3.05) is 13.1 Å². The van der Waals surface area contributed by atoms with E-state index in [2.05, 4.69) is 0 Å². The zero-order valence-corrected chi connectivity index (χ0v) is 9.80. The van der Waals surface area contributed by atoms with Crippen LogP contribution in [0.4, 0.5) is 0 Å². The van der Waals surface area contributed by atoms with E-state index < -0.39 is 11.9 Å². The van der Waals surface area contributed by atoms with Gasteiger partial charge >= 0.3 is 0 Å². The molecule has 0 fully saturated rings. The summed E-state index contributed by atoms with van der Waals surface area (Å²) < 4.78 is 0. The summed E-state index contributed by atoms with van der Waals surface area (Å²) in [6.07, 6.45) is 0. The molecule has 0 aliphatic heterocycles. The summed E-state index contributed by atoms with van der Waals surface area (Å²) in [6, 6.07) is 8.28. The number of benzene rings is 1. The third-order valence-electron chi connectivity index (χ3n) is 2.46. The monoisotopic (exact) mass is 235 g/mol. The molecular formula is C12H17N3O2. The number of likely N-dealkylation sites (N-methyl/N-ethyl adjacent to an activating group) is 1. The molecule has 0 saturated carbocycles. The Hall–Kier alpha value is -1.88. The molecule has 0 aliphatic rings. The average molecular weight is 235 g/mol. The summed E-state index contributed by atoms with van der Waals surface area (Å²) in [5.74, 6) is -0.835. The summed E-state index contributed by atoms with van der Waals surface area (Å²) in [5.41, 5.74) is 11.6. The van der Waals surface area contributed by atoms with E-state index in [0.717, 1.165) is 5.56 Å². The number of primary amides is 1. The van der Waals surface area contributed by atoms with Crippen molar-refractivity contribution in [1.29, 1.82) is 0 Å². The van der Waals surface area contributed by atoms with Crippen LogP contribution in [0, 0.1) is 0 Å². The smallest absolute Gasteiger partial charge is 0.244 e. The molecule has 1 aromatic rings. The van der Waals surface area contributed by atoms with Crippen LogP contribution in [0.5, 0.6) is 0 Å². The van der Waals surface area contributed by atoms with E-state index in [1.54, 1.807) is 19.1 Å². The van der Waals surface area contributed by atoms with Crippen LogP contribution in [0.2, 0.25) is 0 Å². The lowest BCUT2D eigenvalue weighted by Crippen LogP contribution is -2.43. The summed E-state index contributed by atoms with van der Waals surface area (Å²) in [4.78, 5) is 24.2. The number of carbonyl (C=O) groups is 2. The predicted molar refractivity (Wildman–Crippen MR) is 64.8 cm³/mol. The highest BCUT2D eigenvalue weighted by Gasteiger charge is 2.22. The van der Waals surface area contributed by atoms with Crippen LogP contribution in [0.15, 0.2) is 30.3 Å². The van der Waals surface area contributed by atoms with E-state index in [4.69, 9.17) is 11.5 Å². The molecule has 1 unspecified atom stereocenters. The van der Waals surface area contributed by atoms with Crippen LogP contribution in [0.1, 0.15) is 18.5 Å². The van der Waals surface area contributed by atoms with E-state index in [1.807, 2.05) is 18.2 Å². The van der Waals surface area contributed by atoms with Gasteiger partial charge in [0.1, 0.15) is 6.04 Å². The fourth-order valence-corrected chi connectivity index (χ4v) is 1.53. The number of nitrogens with zero attached hydrogens (tertiary/aromatic N) is 1. The maximum absolute atomic E-state index is 12.0. The highest BCUT2D eigenvalue weighted by Crippen LogP contribution is 2.12. The van der Waals surface area contributed by atoms with Gasteiger partial charge in [-0.05, 0) is 12.5 Å². The van der Waals surface area contributed by atoms with Crippen molar-refractivity contribution >= 4 is 11.8 Å². The SMILES string of the molecule is CCN(CC(N)=O)C(=O)C(N)c1ccccc1. The second-order valence-corrected chi connectivity index (χ2v) is 3.71. The Bertz CT molecular complexity index is 392. The Morgan fingerprint density at radius 3 is 2.35 bits per heavy atom. The second-order valence-electron chi connectivity index (χ2n) is 3.71.